The molecule has 2 aromatic carbocycles. The number of methoxy groups -OCH3 is 2. The average molecular weight is 377 g/mol. The van der Waals surface area contributed by atoms with Crippen LogP contribution in [0.4, 0.5) is 5.69 Å². The minimum atomic E-state index is -0.221. The first kappa shape index (κ1) is 18.1. The molecule has 1 aliphatic carbocycles. The van der Waals surface area contributed by atoms with Crippen molar-refractivity contribution in [2.45, 2.75) is 26.2 Å². The van der Waals surface area contributed by atoms with Gasteiger partial charge in [0.15, 0.2) is 5.69 Å². The summed E-state index contributed by atoms with van der Waals surface area (Å²) in [6, 6.07) is 13.4. The number of carbonyl (C=O) groups excluding carboxylic acids is 1. The van der Waals surface area contributed by atoms with Gasteiger partial charge in [0.2, 0.25) is 0 Å². The Bertz CT molecular complexity index is 1020. The Morgan fingerprint density at radius 2 is 1.79 bits per heavy atom. The van der Waals surface area contributed by atoms with Crippen molar-refractivity contribution in [2.75, 3.05) is 19.5 Å². The van der Waals surface area contributed by atoms with E-state index in [4.69, 9.17) is 9.47 Å². The number of amides is 1. The van der Waals surface area contributed by atoms with Crippen LogP contribution in [0, 0.1) is 6.92 Å². The maximum absolute atomic E-state index is 13.0. The second-order valence-corrected chi connectivity index (χ2v) is 6.88. The number of benzene rings is 2. The molecule has 0 saturated carbocycles. The number of anilines is 1. The highest BCUT2D eigenvalue weighted by atomic mass is 16.5. The van der Waals surface area contributed by atoms with Gasteiger partial charge in [-0.05, 0) is 37.8 Å². The van der Waals surface area contributed by atoms with E-state index >= 15 is 0 Å². The fraction of sp³-hybridized carbons (Fsp3) is 0.273. The Morgan fingerprint density at radius 3 is 2.46 bits per heavy atom. The van der Waals surface area contributed by atoms with E-state index in [0.29, 0.717) is 22.9 Å². The van der Waals surface area contributed by atoms with Crippen molar-refractivity contribution in [1.82, 2.24) is 9.78 Å². The van der Waals surface area contributed by atoms with Crippen LogP contribution in [-0.4, -0.2) is 29.9 Å². The van der Waals surface area contributed by atoms with Gasteiger partial charge < -0.3 is 14.8 Å². The van der Waals surface area contributed by atoms with Gasteiger partial charge in [0.25, 0.3) is 5.91 Å². The second-order valence-electron chi connectivity index (χ2n) is 6.88. The van der Waals surface area contributed by atoms with Crippen molar-refractivity contribution in [2.24, 2.45) is 0 Å². The molecule has 0 radical (unpaired) electrons. The minimum absolute atomic E-state index is 0.221. The summed E-state index contributed by atoms with van der Waals surface area (Å²) in [6.07, 6.45) is 2.83. The number of aromatic nitrogens is 2. The van der Waals surface area contributed by atoms with Crippen LogP contribution in [0.2, 0.25) is 0 Å². The molecule has 28 heavy (non-hydrogen) atoms. The van der Waals surface area contributed by atoms with Gasteiger partial charge in [-0.15, -0.1) is 0 Å². The first-order chi connectivity index (χ1) is 13.6. The summed E-state index contributed by atoms with van der Waals surface area (Å²) in [5.41, 5.74) is 5.40. The Hall–Kier alpha value is -3.28. The van der Waals surface area contributed by atoms with E-state index in [-0.39, 0.29) is 5.91 Å². The number of nitrogens with one attached hydrogen (secondary N) is 1. The van der Waals surface area contributed by atoms with Crippen LogP contribution in [0.3, 0.4) is 0 Å². The van der Waals surface area contributed by atoms with Crippen LogP contribution in [0.5, 0.6) is 11.5 Å². The van der Waals surface area contributed by atoms with Crippen LogP contribution in [-0.2, 0) is 12.8 Å². The number of carbonyl (C=O) groups is 1. The predicted molar refractivity (Wildman–Crippen MR) is 108 cm³/mol. The lowest BCUT2D eigenvalue weighted by atomic mass is 10.1. The molecular formula is C22H23N3O3. The molecule has 1 aliphatic rings. The van der Waals surface area contributed by atoms with Crippen molar-refractivity contribution in [3.63, 3.8) is 0 Å². The molecule has 6 heteroatoms. The van der Waals surface area contributed by atoms with Gasteiger partial charge in [-0.1, -0.05) is 18.2 Å². The monoisotopic (exact) mass is 377 g/mol. The molecule has 6 nitrogen and oxygen atoms in total. The summed E-state index contributed by atoms with van der Waals surface area (Å²) in [5.74, 6) is 1.01. The lowest BCUT2D eigenvalue weighted by molar-refractivity contribution is 0.102. The minimum Gasteiger partial charge on any atom is -0.497 e. The quantitative estimate of drug-likeness (QED) is 0.731. The molecule has 4 rings (SSSR count). The van der Waals surface area contributed by atoms with Gasteiger partial charge in [0, 0.05) is 35.1 Å². The van der Waals surface area contributed by atoms with Crippen molar-refractivity contribution in [3.05, 3.63) is 65.0 Å². The largest absolute Gasteiger partial charge is 0.497 e. The zero-order chi connectivity index (χ0) is 19.7. The summed E-state index contributed by atoms with van der Waals surface area (Å²) < 4.78 is 12.5. The fourth-order valence-electron chi connectivity index (χ4n) is 3.69. The molecule has 1 amide bonds. The molecular weight excluding hydrogens is 354 g/mol. The van der Waals surface area contributed by atoms with Crippen molar-refractivity contribution >= 4 is 11.6 Å². The molecule has 0 atom stereocenters. The summed E-state index contributed by atoms with van der Waals surface area (Å²) >= 11 is 0. The topological polar surface area (TPSA) is 65.4 Å². The second kappa shape index (κ2) is 7.38. The van der Waals surface area contributed by atoms with Crippen LogP contribution in [0.15, 0.2) is 42.5 Å². The maximum atomic E-state index is 13.0. The van der Waals surface area contributed by atoms with Crippen LogP contribution >= 0.6 is 0 Å². The average Bonchev–Trinajstić information content (AvgIpc) is 3.31. The summed E-state index contributed by atoms with van der Waals surface area (Å²) in [6.45, 7) is 2.06. The maximum Gasteiger partial charge on any atom is 0.276 e. The molecule has 0 aliphatic heterocycles. The smallest absolute Gasteiger partial charge is 0.276 e. The number of aryl methyl sites for hydroxylation is 1. The van der Waals surface area contributed by atoms with Crippen molar-refractivity contribution < 1.29 is 14.3 Å². The van der Waals surface area contributed by atoms with Gasteiger partial charge in [0.1, 0.15) is 11.5 Å². The van der Waals surface area contributed by atoms with Crippen molar-refractivity contribution in [3.8, 4) is 17.2 Å². The zero-order valence-electron chi connectivity index (χ0n) is 16.3. The molecule has 1 aromatic heterocycles. The first-order valence-corrected chi connectivity index (χ1v) is 9.32. The fourth-order valence-corrected chi connectivity index (χ4v) is 3.69. The Balaban J connectivity index is 1.70. The molecule has 1 N–H and O–H groups in total. The molecule has 0 unspecified atom stereocenters. The number of hydrogen-bond acceptors (Lipinski definition) is 4. The highest BCUT2D eigenvalue weighted by Crippen LogP contribution is 2.30. The van der Waals surface area contributed by atoms with E-state index < -0.39 is 0 Å². The molecule has 3 aromatic rings. The van der Waals surface area contributed by atoms with Gasteiger partial charge in [-0.3, -0.25) is 4.79 Å². The summed E-state index contributed by atoms with van der Waals surface area (Å²) in [5, 5.41) is 7.63. The van der Waals surface area contributed by atoms with E-state index in [1.807, 2.05) is 22.9 Å². The standard InChI is InChI=1S/C22H23N3O3/c1-14-7-4-5-9-19(14)25-20-10-6-8-18(20)21(24-25)22(26)23-15-11-16(27-2)13-17(12-15)28-3/h4-5,7,9,11-13H,6,8,10H2,1-3H3,(H,23,26). The van der Waals surface area contributed by atoms with E-state index in [1.165, 1.54) is 0 Å². The SMILES string of the molecule is COc1cc(NC(=O)c2nn(-c3ccccc3C)c3c2CCC3)cc(OC)c1. The van der Waals surface area contributed by atoms with Crippen molar-refractivity contribution in [1.29, 1.82) is 0 Å². The predicted octanol–water partition coefficient (Wildman–Crippen LogP) is 3.94. The molecule has 144 valence electrons. The number of fused-ring (bicyclic) bond motifs is 1. The number of rotatable bonds is 5. The number of para-hydroxylation sites is 1. The van der Waals surface area contributed by atoms with Crippen LogP contribution in [0.1, 0.15) is 33.7 Å². The Kier molecular flexibility index (Phi) is 4.77. The first-order valence-electron chi connectivity index (χ1n) is 9.32. The summed E-state index contributed by atoms with van der Waals surface area (Å²) in [4.78, 5) is 13.0. The third-order valence-corrected chi connectivity index (χ3v) is 5.10. The van der Waals surface area contributed by atoms with Crippen LogP contribution < -0.4 is 14.8 Å². The van der Waals surface area contributed by atoms with Crippen LogP contribution in [0.25, 0.3) is 5.69 Å². The Morgan fingerprint density at radius 1 is 1.07 bits per heavy atom. The Labute approximate surface area is 164 Å². The third kappa shape index (κ3) is 3.22. The zero-order valence-corrected chi connectivity index (χ0v) is 16.3. The third-order valence-electron chi connectivity index (χ3n) is 5.10. The van der Waals surface area contributed by atoms with E-state index in [9.17, 15) is 4.79 Å². The van der Waals surface area contributed by atoms with Gasteiger partial charge in [0.05, 0.1) is 19.9 Å². The highest BCUT2D eigenvalue weighted by molar-refractivity contribution is 6.04. The molecule has 0 spiro atoms. The highest BCUT2D eigenvalue weighted by Gasteiger charge is 2.27. The normalized spacial score (nSPS) is 12.5. The number of hydrogen-bond donors (Lipinski definition) is 1. The molecule has 0 fully saturated rings. The lowest BCUT2D eigenvalue weighted by Crippen LogP contribution is -2.15. The lowest BCUT2D eigenvalue weighted by Gasteiger charge is -2.10. The van der Waals surface area contributed by atoms with Gasteiger partial charge >= 0.3 is 0 Å². The number of ether oxygens (including phenoxy) is 2. The summed E-state index contributed by atoms with van der Waals surface area (Å²) in [7, 11) is 3.16. The molecule has 0 bridgehead atoms. The van der Waals surface area contributed by atoms with E-state index in [0.717, 1.165) is 41.8 Å². The van der Waals surface area contributed by atoms with E-state index in [1.54, 1.807) is 32.4 Å². The number of nitrogens with zero attached hydrogens (tertiary/aromatic N) is 2. The van der Waals surface area contributed by atoms with Gasteiger partial charge in [-0.2, -0.15) is 5.10 Å². The molecule has 0 saturated heterocycles. The van der Waals surface area contributed by atoms with Gasteiger partial charge in [-0.25, -0.2) is 4.68 Å². The van der Waals surface area contributed by atoms with E-state index in [2.05, 4.69) is 23.4 Å². The molecule has 1 heterocycles.